The molecule has 3 rings (SSSR count). The molecule has 1 saturated carbocycles. The fourth-order valence-corrected chi connectivity index (χ4v) is 5.54. The van der Waals surface area contributed by atoms with E-state index in [1.165, 1.54) is 10.4 Å². The van der Waals surface area contributed by atoms with E-state index in [2.05, 4.69) is 11.8 Å². The second-order valence-electron chi connectivity index (χ2n) is 8.84. The van der Waals surface area contributed by atoms with E-state index in [0.29, 0.717) is 12.1 Å². The lowest BCUT2D eigenvalue weighted by Crippen LogP contribution is -2.50. The number of hydrogen-bond acceptors (Lipinski definition) is 6. The summed E-state index contributed by atoms with van der Waals surface area (Å²) in [7, 11) is -2.19. The number of likely N-dealkylation sites (N-methyl/N-ethyl adjacent to an activating group) is 1. The molecule has 1 aliphatic heterocycles. The van der Waals surface area contributed by atoms with Crippen LogP contribution in [0.3, 0.4) is 0 Å². The van der Waals surface area contributed by atoms with Crippen molar-refractivity contribution in [2.75, 3.05) is 26.7 Å². The molecule has 176 valence electrons. The van der Waals surface area contributed by atoms with Gasteiger partial charge in [-0.05, 0) is 44.9 Å². The highest BCUT2D eigenvalue weighted by atomic mass is 32.2. The Morgan fingerprint density at radius 3 is 2.62 bits per heavy atom. The molecule has 0 saturated heterocycles. The smallest absolute Gasteiger partial charge is 0.247 e. The minimum absolute atomic E-state index is 0.00605. The summed E-state index contributed by atoms with van der Waals surface area (Å²) in [6, 6.07) is 3.95. The number of aliphatic hydroxyl groups is 2. The highest BCUT2D eigenvalue weighted by molar-refractivity contribution is 7.89. The number of rotatable bonds is 5. The van der Waals surface area contributed by atoms with Gasteiger partial charge in [-0.2, -0.15) is 4.31 Å². The van der Waals surface area contributed by atoms with Crippen LogP contribution in [0.15, 0.2) is 23.1 Å². The first-order chi connectivity index (χ1) is 15.0. The molecule has 32 heavy (non-hydrogen) atoms. The average Bonchev–Trinajstić information content (AvgIpc) is 3.58. The molecule has 2 aliphatic rings. The van der Waals surface area contributed by atoms with Gasteiger partial charge in [0.1, 0.15) is 22.9 Å². The van der Waals surface area contributed by atoms with Crippen molar-refractivity contribution in [2.24, 2.45) is 11.8 Å². The molecule has 2 N–H and O–H groups in total. The summed E-state index contributed by atoms with van der Waals surface area (Å²) in [6.07, 6.45) is 0.527. The van der Waals surface area contributed by atoms with Crippen LogP contribution in [0.25, 0.3) is 0 Å². The zero-order valence-electron chi connectivity index (χ0n) is 19.0. The van der Waals surface area contributed by atoms with Crippen molar-refractivity contribution >= 4 is 15.9 Å². The minimum atomic E-state index is -3.94. The van der Waals surface area contributed by atoms with Crippen molar-refractivity contribution in [2.45, 2.75) is 56.8 Å². The molecule has 0 spiro atoms. The first-order valence-electron chi connectivity index (χ1n) is 10.9. The third kappa shape index (κ3) is 5.44. The summed E-state index contributed by atoms with van der Waals surface area (Å²) in [5.74, 6) is 5.52. The van der Waals surface area contributed by atoms with Gasteiger partial charge in [-0.25, -0.2) is 8.42 Å². The molecule has 9 heteroatoms. The molecule has 1 aromatic rings. The predicted molar refractivity (Wildman–Crippen MR) is 119 cm³/mol. The highest BCUT2D eigenvalue weighted by Crippen LogP contribution is 2.35. The van der Waals surface area contributed by atoms with Crippen LogP contribution in [0.5, 0.6) is 5.75 Å². The fourth-order valence-electron chi connectivity index (χ4n) is 3.71. The molecule has 8 nitrogen and oxygen atoms in total. The maximum Gasteiger partial charge on any atom is 0.247 e. The Balaban J connectivity index is 2.03. The minimum Gasteiger partial charge on any atom is -0.487 e. The summed E-state index contributed by atoms with van der Waals surface area (Å²) in [4.78, 5) is 14.2. The molecular weight excluding hydrogens is 432 g/mol. The summed E-state index contributed by atoms with van der Waals surface area (Å²) >= 11 is 0. The molecule has 1 fully saturated rings. The number of amides is 1. The maximum absolute atomic E-state index is 13.4. The van der Waals surface area contributed by atoms with Gasteiger partial charge in [0.25, 0.3) is 0 Å². The maximum atomic E-state index is 13.4. The number of nitrogens with zero attached hydrogens (tertiary/aromatic N) is 2. The Bertz CT molecular complexity index is 1010. The summed E-state index contributed by atoms with van der Waals surface area (Å²) in [5, 5.41) is 19.2. The number of carbonyl (C=O) groups is 1. The first-order valence-corrected chi connectivity index (χ1v) is 12.4. The lowest BCUT2D eigenvalue weighted by Gasteiger charge is -2.37. The van der Waals surface area contributed by atoms with Crippen LogP contribution in [0, 0.1) is 23.7 Å². The first kappa shape index (κ1) is 24.5. The van der Waals surface area contributed by atoms with Gasteiger partial charge in [-0.1, -0.05) is 18.8 Å². The van der Waals surface area contributed by atoms with Crippen LogP contribution in [0.4, 0.5) is 0 Å². The second-order valence-corrected chi connectivity index (χ2v) is 10.7. The van der Waals surface area contributed by atoms with Gasteiger partial charge < -0.3 is 19.8 Å². The molecule has 1 heterocycles. The Labute approximate surface area is 190 Å². The van der Waals surface area contributed by atoms with Gasteiger partial charge >= 0.3 is 0 Å². The van der Waals surface area contributed by atoms with E-state index < -0.39 is 28.3 Å². The molecule has 0 bridgehead atoms. The molecule has 4 atom stereocenters. The zero-order chi connectivity index (χ0) is 23.6. The summed E-state index contributed by atoms with van der Waals surface area (Å²) in [6.45, 7) is 5.25. The number of ether oxygens (including phenoxy) is 1. The van der Waals surface area contributed by atoms with Gasteiger partial charge in [0, 0.05) is 37.0 Å². The normalized spacial score (nSPS) is 24.6. The van der Waals surface area contributed by atoms with Crippen molar-refractivity contribution < 1.29 is 28.2 Å². The van der Waals surface area contributed by atoms with Crippen LogP contribution in [-0.4, -0.2) is 78.7 Å². The Kier molecular flexibility index (Phi) is 7.50. The number of fused-ring (bicyclic) bond motifs is 1. The van der Waals surface area contributed by atoms with Gasteiger partial charge in [0.2, 0.25) is 15.9 Å². The quantitative estimate of drug-likeness (QED) is 0.631. The lowest BCUT2D eigenvalue weighted by molar-refractivity contribution is -0.132. The van der Waals surface area contributed by atoms with Crippen molar-refractivity contribution in [3.63, 3.8) is 0 Å². The van der Waals surface area contributed by atoms with Gasteiger partial charge in [0.15, 0.2) is 0 Å². The van der Waals surface area contributed by atoms with Crippen LogP contribution < -0.4 is 4.74 Å². The Hall–Kier alpha value is -2.12. The van der Waals surface area contributed by atoms with Crippen LogP contribution in [0.1, 0.15) is 39.2 Å². The number of carbonyl (C=O) groups excluding carboxylic acids is 1. The van der Waals surface area contributed by atoms with E-state index in [9.17, 15) is 23.4 Å². The van der Waals surface area contributed by atoms with E-state index in [4.69, 9.17) is 4.74 Å². The zero-order valence-corrected chi connectivity index (χ0v) is 19.8. The second kappa shape index (κ2) is 9.79. The molecule has 1 amide bonds. The number of sulfonamides is 1. The molecule has 0 radical (unpaired) electrons. The van der Waals surface area contributed by atoms with Crippen LogP contribution in [0.2, 0.25) is 0 Å². The third-order valence-corrected chi connectivity index (χ3v) is 7.87. The van der Waals surface area contributed by atoms with Crippen LogP contribution in [-0.2, 0) is 14.8 Å². The summed E-state index contributed by atoms with van der Waals surface area (Å²) < 4.78 is 34.4. The van der Waals surface area contributed by atoms with Crippen molar-refractivity contribution in [3.05, 3.63) is 23.8 Å². The summed E-state index contributed by atoms with van der Waals surface area (Å²) in [5.41, 5.74) is 0.510. The van der Waals surface area contributed by atoms with Crippen LogP contribution >= 0.6 is 0 Å². The number of hydrogen-bond donors (Lipinski definition) is 2. The van der Waals surface area contributed by atoms with E-state index in [-0.39, 0.29) is 41.5 Å². The SMILES string of the molecule is C[C@@H]1CN([C@H](C)CO)S(=O)(=O)c2ccc(C#C[C@@H](C)O)cc2O[C@H]1CN(C)C(=O)C1CC1. The molecule has 0 aromatic heterocycles. The van der Waals surface area contributed by atoms with Crippen molar-refractivity contribution in [1.82, 2.24) is 9.21 Å². The van der Waals surface area contributed by atoms with Gasteiger partial charge in [-0.15, -0.1) is 0 Å². The van der Waals surface area contributed by atoms with E-state index in [1.807, 2.05) is 6.92 Å². The van der Waals surface area contributed by atoms with Gasteiger partial charge in [-0.3, -0.25) is 4.79 Å². The highest BCUT2D eigenvalue weighted by Gasteiger charge is 2.39. The van der Waals surface area contributed by atoms with E-state index in [1.54, 1.807) is 37.9 Å². The van der Waals surface area contributed by atoms with E-state index >= 15 is 0 Å². The van der Waals surface area contributed by atoms with Crippen molar-refractivity contribution in [3.8, 4) is 17.6 Å². The lowest BCUT2D eigenvalue weighted by atomic mass is 10.0. The molecule has 0 unspecified atom stereocenters. The number of benzene rings is 1. The predicted octanol–water partition coefficient (Wildman–Crippen LogP) is 1.06. The number of aliphatic hydroxyl groups excluding tert-OH is 2. The monoisotopic (exact) mass is 464 g/mol. The van der Waals surface area contributed by atoms with Gasteiger partial charge in [0.05, 0.1) is 13.2 Å². The molecule has 1 aromatic carbocycles. The average molecular weight is 465 g/mol. The topological polar surface area (TPSA) is 107 Å². The van der Waals surface area contributed by atoms with E-state index in [0.717, 1.165) is 12.8 Å². The fraction of sp³-hybridized carbons (Fsp3) is 0.609. The molecular formula is C23H32N2O6S. The largest absolute Gasteiger partial charge is 0.487 e. The molecule has 1 aliphatic carbocycles. The third-order valence-electron chi connectivity index (χ3n) is 5.85. The Morgan fingerprint density at radius 2 is 2.03 bits per heavy atom. The van der Waals surface area contributed by atoms with Crippen molar-refractivity contribution in [1.29, 1.82) is 0 Å². The Morgan fingerprint density at radius 1 is 1.34 bits per heavy atom. The standard InChI is InChI=1S/C23H32N2O6S/c1-15-12-25(16(2)14-26)32(29,30)22-10-7-18(6-5-17(3)27)11-20(22)31-21(15)13-24(4)23(28)19-8-9-19/h7,10-11,15-17,19,21,26-27H,8-9,12-14H2,1-4H3/t15-,16-,17-,21+/m1/s1.